The van der Waals surface area contributed by atoms with E-state index in [9.17, 15) is 0 Å². The summed E-state index contributed by atoms with van der Waals surface area (Å²) in [5, 5.41) is 7.43. The normalized spacial score (nSPS) is 11.2. The first-order chi connectivity index (χ1) is 7.40. The Morgan fingerprint density at radius 2 is 1.94 bits per heavy atom. The smallest absolute Gasteiger partial charge is 0.130 e. The number of hydrogen-bond acceptors (Lipinski definition) is 2. The molecule has 3 heteroatoms. The Morgan fingerprint density at radius 3 is 2.50 bits per heavy atom. The van der Waals surface area contributed by atoms with Gasteiger partial charge in [-0.2, -0.15) is 0 Å². The zero-order chi connectivity index (χ0) is 12.2. The maximum Gasteiger partial charge on any atom is 0.130 e. The zero-order valence-corrected chi connectivity index (χ0v) is 10.2. The second-order valence-electron chi connectivity index (χ2n) is 5.07. The zero-order valence-electron chi connectivity index (χ0n) is 10.2. The van der Waals surface area contributed by atoms with Crippen molar-refractivity contribution in [2.45, 2.75) is 27.2 Å². The molecule has 0 aliphatic heterocycles. The highest BCUT2D eigenvalue weighted by Gasteiger charge is 2.11. The maximum absolute atomic E-state index is 7.43. The molecule has 0 fully saturated rings. The fourth-order valence-corrected chi connectivity index (χ4v) is 1.28. The number of nitrogens with one attached hydrogen (secondary N) is 1. The second kappa shape index (κ2) is 5.01. The molecule has 0 aliphatic carbocycles. The lowest BCUT2D eigenvalue weighted by Crippen LogP contribution is -2.15. The molecule has 1 aromatic carbocycles. The van der Waals surface area contributed by atoms with E-state index >= 15 is 0 Å². The van der Waals surface area contributed by atoms with Crippen LogP contribution in [0.5, 0.6) is 5.75 Å². The highest BCUT2D eigenvalue weighted by atomic mass is 16.5. The highest BCUT2D eigenvalue weighted by molar-refractivity contribution is 5.97. The molecular formula is C13H20N2O. The van der Waals surface area contributed by atoms with Gasteiger partial charge in [-0.25, -0.2) is 0 Å². The molecule has 88 valence electrons. The summed E-state index contributed by atoms with van der Waals surface area (Å²) < 4.78 is 5.65. The molecule has 0 saturated carbocycles. The Kier molecular flexibility index (Phi) is 3.93. The first kappa shape index (κ1) is 12.6. The summed E-state index contributed by atoms with van der Waals surface area (Å²) in [4.78, 5) is 0. The van der Waals surface area contributed by atoms with Gasteiger partial charge >= 0.3 is 0 Å². The number of nitrogens with two attached hydrogens (primary N) is 1. The second-order valence-corrected chi connectivity index (χ2v) is 5.07. The van der Waals surface area contributed by atoms with Crippen LogP contribution in [0.15, 0.2) is 24.3 Å². The van der Waals surface area contributed by atoms with Crippen LogP contribution >= 0.6 is 0 Å². The van der Waals surface area contributed by atoms with E-state index in [1.165, 1.54) is 0 Å². The van der Waals surface area contributed by atoms with Crippen molar-refractivity contribution in [2.24, 2.45) is 11.1 Å². The first-order valence-electron chi connectivity index (χ1n) is 5.46. The van der Waals surface area contributed by atoms with Crippen molar-refractivity contribution >= 4 is 5.84 Å². The summed E-state index contributed by atoms with van der Waals surface area (Å²) in [6.07, 6.45) is 0.971. The Morgan fingerprint density at radius 1 is 1.31 bits per heavy atom. The Bertz CT molecular complexity index is 366. The minimum atomic E-state index is 0.0476. The molecular weight excluding hydrogens is 200 g/mol. The Balaban J connectivity index is 2.64. The van der Waals surface area contributed by atoms with Crippen LogP contribution in [0.4, 0.5) is 0 Å². The van der Waals surface area contributed by atoms with Crippen LogP contribution in [0.1, 0.15) is 32.8 Å². The summed E-state index contributed by atoms with van der Waals surface area (Å²) in [5.41, 5.74) is 6.39. The van der Waals surface area contributed by atoms with Crippen molar-refractivity contribution in [3.05, 3.63) is 29.8 Å². The summed E-state index contributed by atoms with van der Waals surface area (Å²) in [7, 11) is 0. The van der Waals surface area contributed by atoms with Gasteiger partial charge in [-0.3, -0.25) is 5.41 Å². The van der Waals surface area contributed by atoms with Gasteiger partial charge < -0.3 is 10.5 Å². The number of benzene rings is 1. The fraction of sp³-hybridized carbons (Fsp3) is 0.462. The van der Waals surface area contributed by atoms with Gasteiger partial charge in [0.15, 0.2) is 0 Å². The van der Waals surface area contributed by atoms with Crippen molar-refractivity contribution in [1.82, 2.24) is 0 Å². The van der Waals surface area contributed by atoms with E-state index < -0.39 is 0 Å². The summed E-state index contributed by atoms with van der Waals surface area (Å²) in [6, 6.07) is 7.39. The van der Waals surface area contributed by atoms with Crippen LogP contribution in [-0.4, -0.2) is 12.4 Å². The van der Waals surface area contributed by atoms with E-state index in [0.717, 1.165) is 6.42 Å². The number of rotatable bonds is 4. The van der Waals surface area contributed by atoms with Gasteiger partial charge in [0, 0.05) is 0 Å². The molecule has 16 heavy (non-hydrogen) atoms. The minimum absolute atomic E-state index is 0.0476. The molecule has 3 N–H and O–H groups in total. The molecule has 0 atom stereocenters. The summed E-state index contributed by atoms with van der Waals surface area (Å²) >= 11 is 0. The number of ether oxygens (including phenoxy) is 1. The van der Waals surface area contributed by atoms with Crippen LogP contribution in [0.25, 0.3) is 0 Å². The van der Waals surface area contributed by atoms with Gasteiger partial charge in [0.2, 0.25) is 0 Å². The van der Waals surface area contributed by atoms with Gasteiger partial charge in [0.25, 0.3) is 0 Å². The van der Waals surface area contributed by atoms with E-state index in [-0.39, 0.29) is 11.3 Å². The molecule has 0 saturated heterocycles. The number of hydrogen-bond donors (Lipinski definition) is 2. The quantitative estimate of drug-likeness (QED) is 0.605. The van der Waals surface area contributed by atoms with E-state index in [2.05, 4.69) is 20.8 Å². The molecule has 0 aliphatic rings. The molecule has 0 spiro atoms. The average Bonchev–Trinajstić information content (AvgIpc) is 2.16. The largest absolute Gasteiger partial charge is 0.493 e. The van der Waals surface area contributed by atoms with Crippen LogP contribution in [0.2, 0.25) is 0 Å². The van der Waals surface area contributed by atoms with E-state index in [1.807, 2.05) is 18.2 Å². The van der Waals surface area contributed by atoms with Crippen LogP contribution in [0.3, 0.4) is 0 Å². The molecule has 0 radical (unpaired) electrons. The van der Waals surface area contributed by atoms with Gasteiger partial charge in [-0.15, -0.1) is 0 Å². The fourth-order valence-electron chi connectivity index (χ4n) is 1.28. The lowest BCUT2D eigenvalue weighted by molar-refractivity contribution is 0.242. The van der Waals surface area contributed by atoms with Crippen LogP contribution in [0, 0.1) is 10.8 Å². The molecule has 0 amide bonds. The van der Waals surface area contributed by atoms with Gasteiger partial charge in [-0.1, -0.05) is 32.9 Å². The van der Waals surface area contributed by atoms with Crippen molar-refractivity contribution in [2.75, 3.05) is 6.61 Å². The van der Waals surface area contributed by atoms with E-state index in [0.29, 0.717) is 17.9 Å². The predicted molar refractivity (Wildman–Crippen MR) is 67.0 cm³/mol. The van der Waals surface area contributed by atoms with Crippen LogP contribution < -0.4 is 10.5 Å². The third kappa shape index (κ3) is 3.93. The minimum Gasteiger partial charge on any atom is -0.493 e. The maximum atomic E-state index is 7.43. The first-order valence-corrected chi connectivity index (χ1v) is 5.46. The average molecular weight is 220 g/mol. The topological polar surface area (TPSA) is 59.1 Å². The predicted octanol–water partition coefficient (Wildman–Crippen LogP) is 2.79. The number of amidine groups is 1. The van der Waals surface area contributed by atoms with Gasteiger partial charge in [0.1, 0.15) is 11.6 Å². The molecule has 0 aromatic heterocycles. The monoisotopic (exact) mass is 220 g/mol. The third-order valence-electron chi connectivity index (χ3n) is 2.29. The standard InChI is InChI=1S/C13H20N2O/c1-13(2,3)8-9-16-11-7-5-4-6-10(11)12(14)15/h4-7H,8-9H2,1-3H3,(H3,14,15). The SMILES string of the molecule is CC(C)(C)CCOc1ccccc1C(=N)N. The molecule has 3 nitrogen and oxygen atoms in total. The van der Waals surface area contributed by atoms with E-state index in [1.54, 1.807) is 6.07 Å². The molecule has 1 aromatic rings. The lowest BCUT2D eigenvalue weighted by Gasteiger charge is -2.18. The molecule has 0 heterocycles. The van der Waals surface area contributed by atoms with Crippen molar-refractivity contribution in [1.29, 1.82) is 5.41 Å². The number of para-hydroxylation sites is 1. The highest BCUT2D eigenvalue weighted by Crippen LogP contribution is 2.21. The van der Waals surface area contributed by atoms with Crippen molar-refractivity contribution in [3.8, 4) is 5.75 Å². The Labute approximate surface area is 97.1 Å². The third-order valence-corrected chi connectivity index (χ3v) is 2.29. The number of nitrogen functional groups attached to an aromatic ring is 1. The Hall–Kier alpha value is -1.51. The van der Waals surface area contributed by atoms with Crippen molar-refractivity contribution in [3.63, 3.8) is 0 Å². The summed E-state index contributed by atoms with van der Waals surface area (Å²) in [6.45, 7) is 7.17. The summed E-state index contributed by atoms with van der Waals surface area (Å²) in [5.74, 6) is 0.741. The lowest BCUT2D eigenvalue weighted by atomic mass is 9.93. The van der Waals surface area contributed by atoms with Gasteiger partial charge in [-0.05, 0) is 24.0 Å². The van der Waals surface area contributed by atoms with Gasteiger partial charge in [0.05, 0.1) is 12.2 Å². The van der Waals surface area contributed by atoms with Crippen molar-refractivity contribution < 1.29 is 4.74 Å². The molecule has 1 rings (SSSR count). The van der Waals surface area contributed by atoms with E-state index in [4.69, 9.17) is 15.9 Å². The van der Waals surface area contributed by atoms with Crippen LogP contribution in [-0.2, 0) is 0 Å². The molecule has 0 bridgehead atoms. The molecule has 0 unspecified atom stereocenters.